The van der Waals surface area contributed by atoms with Gasteiger partial charge in [0.2, 0.25) is 0 Å². The quantitative estimate of drug-likeness (QED) is 0.515. The van der Waals surface area contributed by atoms with Gasteiger partial charge in [-0.3, -0.25) is 4.79 Å². The Morgan fingerprint density at radius 3 is 2.96 bits per heavy atom. The van der Waals surface area contributed by atoms with Gasteiger partial charge in [0.25, 0.3) is 5.91 Å². The van der Waals surface area contributed by atoms with E-state index in [9.17, 15) is 13.6 Å². The predicted molar refractivity (Wildman–Crippen MR) is 107 cm³/mol. The van der Waals surface area contributed by atoms with Crippen molar-refractivity contribution in [3.8, 4) is 0 Å². The molecule has 1 fully saturated rings. The van der Waals surface area contributed by atoms with Gasteiger partial charge in [0.05, 0.1) is 18.9 Å². The minimum absolute atomic E-state index is 0.0483. The number of halogens is 2. The lowest BCUT2D eigenvalue weighted by Gasteiger charge is -2.34. The van der Waals surface area contributed by atoms with Gasteiger partial charge in [-0.15, -0.1) is 0 Å². The van der Waals surface area contributed by atoms with E-state index in [0.717, 1.165) is 18.2 Å². The van der Waals surface area contributed by atoms with Gasteiger partial charge in [-0.25, -0.2) is 13.8 Å². The van der Waals surface area contributed by atoms with E-state index in [0.29, 0.717) is 23.1 Å². The Morgan fingerprint density at radius 1 is 1.43 bits per heavy atom. The van der Waals surface area contributed by atoms with Crippen LogP contribution in [0.1, 0.15) is 5.56 Å². The number of nitrogens with zero attached hydrogens (tertiary/aromatic N) is 1. The number of carbonyl (C=O) groups is 1. The van der Waals surface area contributed by atoms with Crippen LogP contribution >= 0.6 is 11.8 Å². The summed E-state index contributed by atoms with van der Waals surface area (Å²) >= 11 is 1.44. The normalized spacial score (nSPS) is 25.1. The molecule has 0 aliphatic carbocycles. The third-order valence-electron chi connectivity index (χ3n) is 4.59. The summed E-state index contributed by atoms with van der Waals surface area (Å²) in [6.07, 6.45) is 3.10. The number of allylic oxidation sites excluding steroid dienone is 4. The maximum Gasteiger partial charge on any atom is 0.271 e. The SMILES string of the molecule is C=C/C(F)=C\C=C(/N)C(=O)Nc1cc(F)cc([C@]23COC[C@H]2CSC(N)=N3)c1. The van der Waals surface area contributed by atoms with Crippen molar-refractivity contribution in [3.05, 3.63) is 65.9 Å². The number of thioether (sulfide) groups is 1. The lowest BCUT2D eigenvalue weighted by Crippen LogP contribution is -2.39. The molecule has 9 heteroatoms. The first-order valence-corrected chi connectivity index (χ1v) is 9.46. The summed E-state index contributed by atoms with van der Waals surface area (Å²) in [4.78, 5) is 16.8. The van der Waals surface area contributed by atoms with Crippen molar-refractivity contribution < 1.29 is 18.3 Å². The van der Waals surface area contributed by atoms with Crippen LogP contribution in [0.5, 0.6) is 0 Å². The highest BCUT2D eigenvalue weighted by Crippen LogP contribution is 2.45. The van der Waals surface area contributed by atoms with Gasteiger partial charge in [0.1, 0.15) is 17.2 Å². The molecular weight excluding hydrogens is 386 g/mol. The van der Waals surface area contributed by atoms with Crippen molar-refractivity contribution in [2.75, 3.05) is 24.3 Å². The second kappa shape index (κ2) is 8.15. The molecule has 1 amide bonds. The summed E-state index contributed by atoms with van der Waals surface area (Å²) in [6.45, 7) is 4.04. The number of amides is 1. The van der Waals surface area contributed by atoms with Gasteiger partial charge in [-0.05, 0) is 42.0 Å². The summed E-state index contributed by atoms with van der Waals surface area (Å²) in [7, 11) is 0. The van der Waals surface area contributed by atoms with Crippen LogP contribution in [0, 0.1) is 11.7 Å². The fourth-order valence-corrected chi connectivity index (χ4v) is 4.12. The molecule has 1 aromatic rings. The molecule has 5 N–H and O–H groups in total. The number of ether oxygens (including phenoxy) is 1. The number of benzene rings is 1. The van der Waals surface area contributed by atoms with E-state index in [1.165, 1.54) is 23.9 Å². The van der Waals surface area contributed by atoms with Crippen LogP contribution in [-0.4, -0.2) is 30.0 Å². The highest BCUT2D eigenvalue weighted by atomic mass is 32.2. The van der Waals surface area contributed by atoms with Crippen LogP contribution in [0.3, 0.4) is 0 Å². The molecule has 148 valence electrons. The molecule has 0 spiro atoms. The molecule has 2 atom stereocenters. The topological polar surface area (TPSA) is 103 Å². The third kappa shape index (κ3) is 4.10. The van der Waals surface area contributed by atoms with Crippen LogP contribution in [0.4, 0.5) is 14.5 Å². The molecule has 28 heavy (non-hydrogen) atoms. The fraction of sp³-hybridized carbons (Fsp3) is 0.263. The predicted octanol–water partition coefficient (Wildman–Crippen LogP) is 2.55. The van der Waals surface area contributed by atoms with Crippen LogP contribution in [0.15, 0.2) is 59.5 Å². The second-order valence-electron chi connectivity index (χ2n) is 6.46. The number of amidine groups is 1. The summed E-state index contributed by atoms with van der Waals surface area (Å²) in [5.74, 6) is -1.11. The van der Waals surface area contributed by atoms with Gasteiger partial charge in [-0.2, -0.15) is 0 Å². The summed E-state index contributed by atoms with van der Waals surface area (Å²) in [5, 5.41) is 2.93. The van der Waals surface area contributed by atoms with Crippen molar-refractivity contribution in [1.29, 1.82) is 0 Å². The Kier molecular flexibility index (Phi) is 5.85. The van der Waals surface area contributed by atoms with Gasteiger partial charge in [0.15, 0.2) is 5.17 Å². The van der Waals surface area contributed by atoms with E-state index in [-0.39, 0.29) is 23.9 Å². The first-order chi connectivity index (χ1) is 13.3. The monoisotopic (exact) mass is 406 g/mol. The molecule has 3 rings (SSSR count). The molecule has 0 unspecified atom stereocenters. The number of anilines is 1. The molecule has 2 heterocycles. The molecule has 0 radical (unpaired) electrons. The minimum atomic E-state index is -0.784. The maximum atomic E-state index is 14.3. The Morgan fingerprint density at radius 2 is 2.21 bits per heavy atom. The van der Waals surface area contributed by atoms with Crippen molar-refractivity contribution in [2.45, 2.75) is 5.54 Å². The van der Waals surface area contributed by atoms with E-state index in [1.807, 2.05) is 0 Å². The molecule has 2 aliphatic heterocycles. The minimum Gasteiger partial charge on any atom is -0.394 e. The second-order valence-corrected chi connectivity index (χ2v) is 7.50. The van der Waals surface area contributed by atoms with Crippen LogP contribution < -0.4 is 16.8 Å². The zero-order valence-corrected chi connectivity index (χ0v) is 15.8. The largest absolute Gasteiger partial charge is 0.394 e. The molecule has 1 aromatic carbocycles. The molecule has 2 aliphatic rings. The first-order valence-electron chi connectivity index (χ1n) is 8.48. The van der Waals surface area contributed by atoms with Crippen molar-refractivity contribution in [3.63, 3.8) is 0 Å². The highest BCUT2D eigenvalue weighted by molar-refractivity contribution is 8.13. The molecule has 6 nitrogen and oxygen atoms in total. The molecule has 0 bridgehead atoms. The van der Waals surface area contributed by atoms with Crippen molar-refractivity contribution >= 4 is 28.5 Å². The number of nitrogens with one attached hydrogen (secondary N) is 1. The van der Waals surface area contributed by atoms with Crippen molar-refractivity contribution in [2.24, 2.45) is 22.4 Å². The third-order valence-corrected chi connectivity index (χ3v) is 5.55. The number of hydrogen-bond donors (Lipinski definition) is 3. The van der Waals surface area contributed by atoms with E-state index in [1.54, 1.807) is 6.07 Å². The standard InChI is InChI=1S/C19H20F2N4O2S/c1-2-13(20)3-4-16(22)17(26)24-15-6-11(5-14(21)7-15)19-10-27-8-12(19)9-28-18(23)25-19/h2-7,12H,1,8-10,22H2,(H2,23,25)(H,24,26)/b13-3+,16-4-/t12-,19+/m0/s1. The Labute approximate surface area is 165 Å². The Hall–Kier alpha value is -2.65. The lowest BCUT2D eigenvalue weighted by molar-refractivity contribution is -0.112. The average Bonchev–Trinajstić information content (AvgIpc) is 3.09. The van der Waals surface area contributed by atoms with Gasteiger partial charge in [0, 0.05) is 17.4 Å². The molecule has 1 saturated heterocycles. The number of carbonyl (C=O) groups excluding carboxylic acids is 1. The summed E-state index contributed by atoms with van der Waals surface area (Å²) in [6, 6.07) is 4.16. The van der Waals surface area contributed by atoms with Crippen LogP contribution in [0.25, 0.3) is 0 Å². The molecule has 0 aromatic heterocycles. The molecular formula is C19H20F2N4O2S. The number of fused-ring (bicyclic) bond motifs is 1. The van der Waals surface area contributed by atoms with E-state index >= 15 is 0 Å². The lowest BCUT2D eigenvalue weighted by atomic mass is 9.81. The van der Waals surface area contributed by atoms with E-state index < -0.39 is 23.1 Å². The van der Waals surface area contributed by atoms with E-state index in [2.05, 4.69) is 16.9 Å². The van der Waals surface area contributed by atoms with Gasteiger partial charge >= 0.3 is 0 Å². The Bertz CT molecular complexity index is 900. The number of rotatable bonds is 5. The summed E-state index contributed by atoms with van der Waals surface area (Å²) < 4.78 is 33.0. The number of hydrogen-bond acceptors (Lipinski definition) is 6. The van der Waals surface area contributed by atoms with E-state index in [4.69, 9.17) is 16.2 Å². The summed E-state index contributed by atoms with van der Waals surface area (Å²) in [5.41, 5.74) is 11.3. The smallest absolute Gasteiger partial charge is 0.271 e. The van der Waals surface area contributed by atoms with Crippen LogP contribution in [-0.2, 0) is 15.1 Å². The van der Waals surface area contributed by atoms with Gasteiger partial charge < -0.3 is 21.5 Å². The zero-order chi connectivity index (χ0) is 20.3. The highest BCUT2D eigenvalue weighted by Gasteiger charge is 2.48. The number of nitrogens with two attached hydrogens (primary N) is 2. The molecule has 0 saturated carbocycles. The Balaban J connectivity index is 1.89. The maximum absolute atomic E-state index is 14.3. The average molecular weight is 406 g/mol. The van der Waals surface area contributed by atoms with Gasteiger partial charge in [-0.1, -0.05) is 18.3 Å². The van der Waals surface area contributed by atoms with Crippen molar-refractivity contribution in [1.82, 2.24) is 0 Å². The fourth-order valence-electron chi connectivity index (χ4n) is 3.15. The zero-order valence-electron chi connectivity index (χ0n) is 15.0. The van der Waals surface area contributed by atoms with Crippen LogP contribution in [0.2, 0.25) is 0 Å². The first kappa shape index (κ1) is 20.1. The number of aliphatic imine (C=N–C) groups is 1.